The third kappa shape index (κ3) is 2.11. The Balaban J connectivity index is 2.07. The van der Waals surface area contributed by atoms with Crippen LogP contribution < -0.4 is 4.90 Å². The molecule has 0 N–H and O–H groups in total. The number of anilines is 1. The molecule has 2 heterocycles. The quantitative estimate of drug-likeness (QED) is 0.753. The van der Waals surface area contributed by atoms with Gasteiger partial charge in [0.2, 0.25) is 0 Å². The first kappa shape index (κ1) is 10.4. The van der Waals surface area contributed by atoms with Crippen LogP contribution in [0, 0.1) is 11.3 Å². The monoisotopic (exact) mass is 222 g/mol. The zero-order valence-electron chi connectivity index (χ0n) is 8.97. The highest BCUT2D eigenvalue weighted by Crippen LogP contribution is 2.25. The van der Waals surface area contributed by atoms with Crippen molar-refractivity contribution in [2.24, 2.45) is 0 Å². The fraction of sp³-hybridized carbons (Fsp3) is 0.600. The predicted octanol–water partition coefficient (Wildman–Crippen LogP) is 1.16. The summed E-state index contributed by atoms with van der Waals surface area (Å²) in [5.74, 6) is 0. The average Bonchev–Trinajstić information content (AvgIpc) is 2.84. The van der Waals surface area contributed by atoms with Crippen LogP contribution in [0.25, 0.3) is 0 Å². The third-order valence-corrected chi connectivity index (χ3v) is 3.81. The highest BCUT2D eigenvalue weighted by atomic mass is 32.1. The molecule has 1 aliphatic rings. The molecule has 0 aliphatic carbocycles. The molecule has 0 amide bonds. The molecule has 0 radical (unpaired) electrons. The summed E-state index contributed by atoms with van der Waals surface area (Å²) in [5.41, 5.74) is 0. The maximum absolute atomic E-state index is 8.73. The van der Waals surface area contributed by atoms with Crippen LogP contribution in [0.3, 0.4) is 0 Å². The first-order valence-electron chi connectivity index (χ1n) is 4.98. The van der Waals surface area contributed by atoms with E-state index in [-0.39, 0.29) is 0 Å². The van der Waals surface area contributed by atoms with Gasteiger partial charge in [-0.2, -0.15) is 5.26 Å². The van der Waals surface area contributed by atoms with Crippen molar-refractivity contribution in [2.45, 2.75) is 12.5 Å². The summed E-state index contributed by atoms with van der Waals surface area (Å²) in [6.45, 7) is 2.23. The van der Waals surface area contributed by atoms with E-state index in [4.69, 9.17) is 5.26 Å². The molecule has 2 rings (SSSR count). The Hall–Kier alpha value is -1.12. The van der Waals surface area contributed by atoms with Gasteiger partial charge in [0.25, 0.3) is 0 Å². The van der Waals surface area contributed by atoms with E-state index in [0.717, 1.165) is 18.2 Å². The Bertz CT molecular complexity index is 381. The Morgan fingerprint density at radius 3 is 3.07 bits per heavy atom. The van der Waals surface area contributed by atoms with Gasteiger partial charge >= 0.3 is 0 Å². The highest BCUT2D eigenvalue weighted by molar-refractivity contribution is 7.16. The minimum Gasteiger partial charge on any atom is -0.347 e. The number of aromatic nitrogens is 1. The Labute approximate surface area is 93.8 Å². The van der Waals surface area contributed by atoms with Gasteiger partial charge < -0.3 is 9.80 Å². The van der Waals surface area contributed by atoms with Gasteiger partial charge in [-0.15, -0.1) is 0 Å². The molecule has 0 saturated carbocycles. The molecular weight excluding hydrogens is 208 g/mol. The zero-order chi connectivity index (χ0) is 10.8. The summed E-state index contributed by atoms with van der Waals surface area (Å²) in [4.78, 5) is 9.45. The van der Waals surface area contributed by atoms with E-state index in [1.165, 1.54) is 17.8 Å². The molecule has 0 bridgehead atoms. The smallest absolute Gasteiger partial charge is 0.186 e. The van der Waals surface area contributed by atoms with Crippen LogP contribution >= 0.6 is 11.3 Å². The minimum atomic E-state index is 0.535. The maximum Gasteiger partial charge on any atom is 0.186 e. The van der Waals surface area contributed by atoms with Gasteiger partial charge in [0.15, 0.2) is 5.13 Å². The van der Waals surface area contributed by atoms with Crippen molar-refractivity contribution in [3.63, 3.8) is 0 Å². The van der Waals surface area contributed by atoms with Gasteiger partial charge in [0.05, 0.1) is 6.20 Å². The van der Waals surface area contributed by atoms with Crippen LogP contribution in [0.1, 0.15) is 11.3 Å². The van der Waals surface area contributed by atoms with Gasteiger partial charge in [-0.1, -0.05) is 11.3 Å². The number of nitriles is 1. The molecule has 80 valence electrons. The summed E-state index contributed by atoms with van der Waals surface area (Å²) < 4.78 is 0. The number of nitrogens with zero attached hydrogens (tertiary/aromatic N) is 4. The van der Waals surface area contributed by atoms with Crippen LogP contribution in [0.15, 0.2) is 6.20 Å². The summed E-state index contributed by atoms with van der Waals surface area (Å²) in [6.07, 6.45) is 2.82. The lowest BCUT2D eigenvalue weighted by Crippen LogP contribution is -2.33. The van der Waals surface area contributed by atoms with Crippen LogP contribution in [0.5, 0.6) is 0 Å². The van der Waals surface area contributed by atoms with Gasteiger partial charge in [0, 0.05) is 19.6 Å². The topological polar surface area (TPSA) is 43.2 Å². The average molecular weight is 222 g/mol. The standard InChI is InChI=1S/C10H14N4S/c1-13-4-3-8(7-13)14(2)10-12-6-9(5-11)15-10/h6,8H,3-4,7H2,1-2H3. The van der Waals surface area contributed by atoms with E-state index >= 15 is 0 Å². The van der Waals surface area contributed by atoms with Crippen LogP contribution in [0.4, 0.5) is 5.13 Å². The molecule has 1 aromatic heterocycles. The van der Waals surface area contributed by atoms with E-state index in [2.05, 4.69) is 34.9 Å². The molecule has 1 fully saturated rings. The maximum atomic E-state index is 8.73. The van der Waals surface area contributed by atoms with Crippen molar-refractivity contribution in [1.82, 2.24) is 9.88 Å². The molecule has 1 saturated heterocycles. The lowest BCUT2D eigenvalue weighted by molar-refractivity contribution is 0.409. The third-order valence-electron chi connectivity index (χ3n) is 2.82. The molecule has 4 nitrogen and oxygen atoms in total. The molecule has 0 aromatic carbocycles. The molecule has 1 aliphatic heterocycles. The highest BCUT2D eigenvalue weighted by Gasteiger charge is 2.24. The van der Waals surface area contributed by atoms with Crippen LogP contribution in [0.2, 0.25) is 0 Å². The van der Waals surface area contributed by atoms with Gasteiger partial charge in [-0.25, -0.2) is 4.98 Å². The molecule has 1 atom stereocenters. The van der Waals surface area contributed by atoms with Gasteiger partial charge in [-0.05, 0) is 20.0 Å². The lowest BCUT2D eigenvalue weighted by Gasteiger charge is -2.23. The van der Waals surface area contributed by atoms with E-state index in [1.807, 2.05) is 0 Å². The molecule has 1 aromatic rings. The fourth-order valence-corrected chi connectivity index (χ4v) is 2.61. The Morgan fingerprint density at radius 2 is 2.53 bits per heavy atom. The number of likely N-dealkylation sites (tertiary alicyclic amines) is 1. The molecule has 1 unspecified atom stereocenters. The predicted molar refractivity (Wildman–Crippen MR) is 61.1 cm³/mol. The van der Waals surface area contributed by atoms with Crippen molar-refractivity contribution in [3.05, 3.63) is 11.1 Å². The number of hydrogen-bond acceptors (Lipinski definition) is 5. The second kappa shape index (κ2) is 4.17. The SMILES string of the molecule is CN1CCC(N(C)c2ncc(C#N)s2)C1. The van der Waals surface area contributed by atoms with E-state index < -0.39 is 0 Å². The van der Waals surface area contributed by atoms with Crippen molar-refractivity contribution in [3.8, 4) is 6.07 Å². The Morgan fingerprint density at radius 1 is 1.73 bits per heavy atom. The number of thiazole rings is 1. The van der Waals surface area contributed by atoms with Crippen LogP contribution in [-0.2, 0) is 0 Å². The molecular formula is C10H14N4S. The second-order valence-electron chi connectivity index (χ2n) is 3.93. The van der Waals surface area contributed by atoms with Crippen LogP contribution in [-0.4, -0.2) is 43.1 Å². The van der Waals surface area contributed by atoms with Gasteiger partial charge in [-0.3, -0.25) is 0 Å². The summed E-state index contributed by atoms with van der Waals surface area (Å²) in [7, 11) is 4.19. The second-order valence-corrected chi connectivity index (χ2v) is 4.94. The van der Waals surface area contributed by atoms with E-state index in [1.54, 1.807) is 6.20 Å². The van der Waals surface area contributed by atoms with Crippen molar-refractivity contribution < 1.29 is 0 Å². The summed E-state index contributed by atoms with van der Waals surface area (Å²) in [5, 5.41) is 9.68. The Kier molecular flexibility index (Phi) is 2.89. The van der Waals surface area contributed by atoms with E-state index in [9.17, 15) is 0 Å². The van der Waals surface area contributed by atoms with Crippen molar-refractivity contribution in [1.29, 1.82) is 5.26 Å². The van der Waals surface area contributed by atoms with Crippen molar-refractivity contribution in [2.75, 3.05) is 32.1 Å². The number of rotatable bonds is 2. The lowest BCUT2D eigenvalue weighted by atomic mass is 10.2. The molecule has 0 spiro atoms. The largest absolute Gasteiger partial charge is 0.347 e. The van der Waals surface area contributed by atoms with Crippen molar-refractivity contribution >= 4 is 16.5 Å². The minimum absolute atomic E-state index is 0.535. The summed E-state index contributed by atoms with van der Waals surface area (Å²) in [6, 6.07) is 2.66. The first-order chi connectivity index (χ1) is 7.20. The molecule has 15 heavy (non-hydrogen) atoms. The van der Waals surface area contributed by atoms with E-state index in [0.29, 0.717) is 10.9 Å². The number of likely N-dealkylation sites (N-methyl/N-ethyl adjacent to an activating group) is 2. The van der Waals surface area contributed by atoms with Gasteiger partial charge in [0.1, 0.15) is 10.9 Å². The first-order valence-corrected chi connectivity index (χ1v) is 5.79. The summed E-state index contributed by atoms with van der Waals surface area (Å²) >= 11 is 1.46. The number of hydrogen-bond donors (Lipinski definition) is 0. The normalized spacial score (nSPS) is 21.5. The fourth-order valence-electron chi connectivity index (χ4n) is 1.86. The molecule has 5 heteroatoms. The zero-order valence-corrected chi connectivity index (χ0v) is 9.79.